The summed E-state index contributed by atoms with van der Waals surface area (Å²) in [5.41, 5.74) is 0.727. The molecule has 0 spiro atoms. The van der Waals surface area contributed by atoms with Gasteiger partial charge in [0.15, 0.2) is 16.6 Å². The van der Waals surface area contributed by atoms with E-state index in [1.807, 2.05) is 0 Å². The summed E-state index contributed by atoms with van der Waals surface area (Å²) in [5, 5.41) is 5.35. The Balaban J connectivity index is 2.02. The van der Waals surface area contributed by atoms with Crippen LogP contribution in [0.25, 0.3) is 6.08 Å². The van der Waals surface area contributed by atoms with Crippen molar-refractivity contribution < 1.29 is 28.6 Å². The molecule has 1 atom stereocenters. The normalized spacial score (nSPS) is 16.1. The molecule has 1 unspecified atom stereocenters. The van der Waals surface area contributed by atoms with Gasteiger partial charge < -0.3 is 24.4 Å². The van der Waals surface area contributed by atoms with Gasteiger partial charge in [0.1, 0.15) is 6.04 Å². The number of nitrogens with one attached hydrogen (secondary N) is 2. The molecule has 1 aromatic rings. The van der Waals surface area contributed by atoms with Crippen molar-refractivity contribution in [1.29, 1.82) is 0 Å². The van der Waals surface area contributed by atoms with E-state index in [-0.39, 0.29) is 23.5 Å². The monoisotopic (exact) mass is 449 g/mol. The average Bonchev–Trinajstić information content (AvgIpc) is 2.72. The van der Waals surface area contributed by atoms with Crippen LogP contribution in [0.2, 0.25) is 0 Å². The van der Waals surface area contributed by atoms with E-state index in [0.29, 0.717) is 24.6 Å². The predicted molar refractivity (Wildman–Crippen MR) is 119 cm³/mol. The number of carbonyl (C=O) groups is 3. The van der Waals surface area contributed by atoms with Crippen LogP contribution in [-0.2, 0) is 19.1 Å². The number of nitrogens with zero attached hydrogens (tertiary/aromatic N) is 1. The van der Waals surface area contributed by atoms with Crippen molar-refractivity contribution in [2.75, 3.05) is 27.3 Å². The number of amides is 2. The maximum absolute atomic E-state index is 12.3. The van der Waals surface area contributed by atoms with Crippen LogP contribution in [0, 0.1) is 0 Å². The Morgan fingerprint density at radius 1 is 1.29 bits per heavy atom. The van der Waals surface area contributed by atoms with Gasteiger partial charge in [0.05, 0.1) is 26.7 Å². The van der Waals surface area contributed by atoms with Crippen LogP contribution in [-0.4, -0.2) is 67.3 Å². The lowest BCUT2D eigenvalue weighted by Gasteiger charge is -2.36. The van der Waals surface area contributed by atoms with Crippen LogP contribution in [0.15, 0.2) is 24.3 Å². The molecule has 1 saturated heterocycles. The molecular formula is C21H27N3O6S. The zero-order valence-electron chi connectivity index (χ0n) is 18.0. The summed E-state index contributed by atoms with van der Waals surface area (Å²) < 4.78 is 15.6. The van der Waals surface area contributed by atoms with E-state index in [2.05, 4.69) is 10.6 Å². The van der Waals surface area contributed by atoms with E-state index in [1.54, 1.807) is 45.2 Å². The van der Waals surface area contributed by atoms with E-state index in [1.165, 1.54) is 18.1 Å². The van der Waals surface area contributed by atoms with Crippen molar-refractivity contribution in [3.05, 3.63) is 29.8 Å². The van der Waals surface area contributed by atoms with Crippen molar-refractivity contribution in [3.8, 4) is 11.5 Å². The largest absolute Gasteiger partial charge is 0.493 e. The van der Waals surface area contributed by atoms with Crippen molar-refractivity contribution in [2.45, 2.75) is 32.4 Å². The zero-order valence-corrected chi connectivity index (χ0v) is 18.8. The van der Waals surface area contributed by atoms with E-state index in [9.17, 15) is 14.4 Å². The molecule has 1 aromatic carbocycles. The third-order valence-corrected chi connectivity index (χ3v) is 4.72. The number of thiocarbonyl (C=S) groups is 1. The summed E-state index contributed by atoms with van der Waals surface area (Å²) in [6.45, 7) is 4.17. The first kappa shape index (κ1) is 24.1. The van der Waals surface area contributed by atoms with Gasteiger partial charge in [-0.25, -0.2) is 0 Å². The van der Waals surface area contributed by atoms with Crippen LogP contribution in [0.3, 0.4) is 0 Å². The molecule has 2 amide bonds. The van der Waals surface area contributed by atoms with Gasteiger partial charge in [-0.05, 0) is 49.8 Å². The second-order valence-corrected chi connectivity index (χ2v) is 7.37. The van der Waals surface area contributed by atoms with Crippen LogP contribution in [0.5, 0.6) is 11.5 Å². The van der Waals surface area contributed by atoms with E-state index in [0.717, 1.165) is 5.56 Å². The highest BCUT2D eigenvalue weighted by molar-refractivity contribution is 7.80. The van der Waals surface area contributed by atoms with Crippen molar-refractivity contribution in [2.24, 2.45) is 0 Å². The quantitative estimate of drug-likeness (QED) is 0.364. The highest BCUT2D eigenvalue weighted by Crippen LogP contribution is 2.27. The Morgan fingerprint density at radius 3 is 2.65 bits per heavy atom. The lowest BCUT2D eigenvalue weighted by atomic mass is 10.1. The molecule has 1 fully saturated rings. The van der Waals surface area contributed by atoms with E-state index < -0.39 is 17.9 Å². The summed E-state index contributed by atoms with van der Waals surface area (Å²) >= 11 is 5.32. The third-order valence-electron chi connectivity index (χ3n) is 4.38. The molecule has 10 heteroatoms. The van der Waals surface area contributed by atoms with E-state index >= 15 is 0 Å². The minimum absolute atomic E-state index is 0.0687. The Bertz CT molecular complexity index is 871. The summed E-state index contributed by atoms with van der Waals surface area (Å²) in [6.07, 6.45) is 2.46. The summed E-state index contributed by atoms with van der Waals surface area (Å²) in [6, 6.07) is 4.39. The van der Waals surface area contributed by atoms with Crippen molar-refractivity contribution in [1.82, 2.24) is 15.5 Å². The maximum Gasteiger partial charge on any atom is 0.308 e. The number of rotatable bonds is 7. The summed E-state index contributed by atoms with van der Waals surface area (Å²) in [4.78, 5) is 38.2. The third kappa shape index (κ3) is 6.95. The lowest BCUT2D eigenvalue weighted by Crippen LogP contribution is -2.60. The highest BCUT2D eigenvalue weighted by Gasteiger charge is 2.34. The molecule has 2 rings (SSSR count). The van der Waals surface area contributed by atoms with Crippen LogP contribution >= 0.6 is 12.2 Å². The number of benzene rings is 1. The van der Waals surface area contributed by atoms with Crippen LogP contribution < -0.4 is 20.1 Å². The van der Waals surface area contributed by atoms with Crippen LogP contribution in [0.4, 0.5) is 0 Å². The Hall–Kier alpha value is -3.14. The van der Waals surface area contributed by atoms with Crippen molar-refractivity contribution >= 4 is 41.2 Å². The first-order chi connectivity index (χ1) is 14.7. The molecule has 1 aliphatic rings. The molecule has 9 nitrogen and oxygen atoms in total. The minimum Gasteiger partial charge on any atom is -0.493 e. The molecule has 168 valence electrons. The number of carbonyl (C=O) groups excluding carboxylic acids is 3. The number of ether oxygens (including phenoxy) is 3. The second kappa shape index (κ2) is 11.3. The molecule has 0 bridgehead atoms. The minimum atomic E-state index is -0.845. The fourth-order valence-electron chi connectivity index (χ4n) is 2.98. The molecular weight excluding hydrogens is 422 g/mol. The van der Waals surface area contributed by atoms with Gasteiger partial charge in [-0.2, -0.15) is 0 Å². The Kier molecular flexibility index (Phi) is 8.80. The molecule has 0 saturated carbocycles. The number of hydrogen-bond donors (Lipinski definition) is 2. The fraction of sp³-hybridized carbons (Fsp3) is 0.429. The smallest absolute Gasteiger partial charge is 0.308 e. The molecule has 2 N–H and O–H groups in total. The lowest BCUT2D eigenvalue weighted by molar-refractivity contribution is -0.150. The topological polar surface area (TPSA) is 106 Å². The van der Waals surface area contributed by atoms with Crippen molar-refractivity contribution in [3.63, 3.8) is 0 Å². The first-order valence-electron chi connectivity index (χ1n) is 9.74. The van der Waals surface area contributed by atoms with Gasteiger partial charge in [0.2, 0.25) is 11.8 Å². The predicted octanol–water partition coefficient (Wildman–Crippen LogP) is 1.26. The molecule has 0 aliphatic carbocycles. The standard InChI is InChI=1S/C21H27N3O6S/c1-13(2)30-19(26)12-15-20(27)22-9-10-24(15)21(31)23-18(25)8-6-14-5-7-16(28-3)17(11-14)29-4/h5-8,11,13,15H,9-10,12H2,1-4H3,(H,22,27)(H,23,25,31)/b8-6+. The van der Waals surface area contributed by atoms with Gasteiger partial charge in [-0.3, -0.25) is 19.7 Å². The fourth-order valence-corrected chi connectivity index (χ4v) is 3.30. The molecule has 1 aliphatic heterocycles. The van der Waals surface area contributed by atoms with Gasteiger partial charge in [0.25, 0.3) is 0 Å². The second-order valence-electron chi connectivity index (χ2n) is 6.99. The Morgan fingerprint density at radius 2 is 2.00 bits per heavy atom. The molecule has 31 heavy (non-hydrogen) atoms. The number of methoxy groups -OCH3 is 2. The zero-order chi connectivity index (χ0) is 23.0. The van der Waals surface area contributed by atoms with Gasteiger partial charge in [-0.1, -0.05) is 6.07 Å². The summed E-state index contributed by atoms with van der Waals surface area (Å²) in [5.74, 6) is -0.199. The first-order valence-corrected chi connectivity index (χ1v) is 10.1. The van der Waals surface area contributed by atoms with Gasteiger partial charge in [0, 0.05) is 19.2 Å². The highest BCUT2D eigenvalue weighted by atomic mass is 32.1. The molecule has 0 radical (unpaired) electrons. The number of esters is 1. The SMILES string of the molecule is COc1ccc(/C=C/C(=O)NC(=S)N2CCNC(=O)C2CC(=O)OC(C)C)cc1OC. The average molecular weight is 450 g/mol. The summed E-state index contributed by atoms with van der Waals surface area (Å²) in [7, 11) is 3.07. The number of hydrogen-bond acceptors (Lipinski definition) is 7. The maximum atomic E-state index is 12.3. The molecule has 0 aromatic heterocycles. The molecule has 1 heterocycles. The van der Waals surface area contributed by atoms with Crippen LogP contribution in [0.1, 0.15) is 25.8 Å². The van der Waals surface area contributed by atoms with Gasteiger partial charge in [-0.15, -0.1) is 0 Å². The number of piperazine rings is 1. The van der Waals surface area contributed by atoms with E-state index in [4.69, 9.17) is 26.4 Å². The Labute approximate surface area is 186 Å². The van der Waals surface area contributed by atoms with Gasteiger partial charge >= 0.3 is 5.97 Å².